The summed E-state index contributed by atoms with van der Waals surface area (Å²) in [5.74, 6) is 0.980. The van der Waals surface area contributed by atoms with E-state index < -0.39 is 0 Å². The van der Waals surface area contributed by atoms with Crippen molar-refractivity contribution in [3.05, 3.63) is 35.9 Å². The maximum absolute atomic E-state index is 9.26. The van der Waals surface area contributed by atoms with Crippen molar-refractivity contribution in [1.29, 1.82) is 0 Å². The van der Waals surface area contributed by atoms with E-state index in [2.05, 4.69) is 11.4 Å². The Balaban J connectivity index is 1.77. The van der Waals surface area contributed by atoms with E-state index in [1.54, 1.807) is 18.2 Å². The van der Waals surface area contributed by atoms with Crippen LogP contribution in [0.2, 0.25) is 0 Å². The average molecular weight is 219 g/mol. The zero-order chi connectivity index (χ0) is 11.2. The molecule has 1 aliphatic heterocycles. The second kappa shape index (κ2) is 5.56. The Labute approximate surface area is 95.7 Å². The van der Waals surface area contributed by atoms with E-state index in [-0.39, 0.29) is 5.75 Å². The number of rotatable bonds is 4. The fourth-order valence-electron chi connectivity index (χ4n) is 1.77. The molecule has 0 saturated carbocycles. The Bertz CT molecular complexity index is 374. The molecule has 0 atom stereocenters. The van der Waals surface area contributed by atoms with Crippen molar-refractivity contribution in [2.75, 3.05) is 19.7 Å². The van der Waals surface area contributed by atoms with Crippen LogP contribution in [-0.2, 0) is 0 Å². The van der Waals surface area contributed by atoms with Crippen molar-refractivity contribution in [3.63, 3.8) is 0 Å². The first kappa shape index (κ1) is 11.0. The lowest BCUT2D eigenvalue weighted by Crippen LogP contribution is -2.21. The van der Waals surface area contributed by atoms with Crippen LogP contribution in [0.15, 0.2) is 35.9 Å². The molecular formula is C13H17NO2. The van der Waals surface area contributed by atoms with Crippen LogP contribution in [0.4, 0.5) is 0 Å². The smallest absolute Gasteiger partial charge is 0.122 e. The van der Waals surface area contributed by atoms with Gasteiger partial charge in [0, 0.05) is 19.0 Å². The van der Waals surface area contributed by atoms with Gasteiger partial charge in [0.15, 0.2) is 0 Å². The van der Waals surface area contributed by atoms with Gasteiger partial charge in [0.25, 0.3) is 0 Å². The molecule has 0 radical (unpaired) electrons. The minimum atomic E-state index is 0.249. The molecule has 1 aromatic rings. The fourth-order valence-corrected chi connectivity index (χ4v) is 1.77. The SMILES string of the molecule is Oc1cccc(OCCC2=CCNCC2)c1. The number of hydrogen-bond donors (Lipinski definition) is 2. The van der Waals surface area contributed by atoms with Gasteiger partial charge in [-0.3, -0.25) is 0 Å². The van der Waals surface area contributed by atoms with Crippen molar-refractivity contribution >= 4 is 0 Å². The molecule has 0 spiro atoms. The standard InChI is InChI=1S/C13H17NO2/c15-12-2-1-3-13(10-12)16-9-6-11-4-7-14-8-5-11/h1-4,10,14-15H,5-9H2. The first-order valence-electron chi connectivity index (χ1n) is 5.65. The summed E-state index contributed by atoms with van der Waals surface area (Å²) in [4.78, 5) is 0. The number of nitrogens with one attached hydrogen (secondary N) is 1. The predicted octanol–water partition coefficient (Wildman–Crippen LogP) is 2.08. The second-order valence-electron chi connectivity index (χ2n) is 3.91. The molecule has 0 fully saturated rings. The number of ether oxygens (including phenoxy) is 1. The third-order valence-corrected chi connectivity index (χ3v) is 2.67. The molecule has 0 bridgehead atoms. The van der Waals surface area contributed by atoms with Gasteiger partial charge >= 0.3 is 0 Å². The maximum Gasteiger partial charge on any atom is 0.122 e. The van der Waals surface area contributed by atoms with Gasteiger partial charge in [-0.15, -0.1) is 0 Å². The van der Waals surface area contributed by atoms with E-state index in [1.165, 1.54) is 5.57 Å². The number of benzene rings is 1. The van der Waals surface area contributed by atoms with Gasteiger partial charge in [0.1, 0.15) is 11.5 Å². The van der Waals surface area contributed by atoms with Gasteiger partial charge in [-0.25, -0.2) is 0 Å². The Hall–Kier alpha value is -1.48. The summed E-state index contributed by atoms with van der Waals surface area (Å²) >= 11 is 0. The van der Waals surface area contributed by atoms with Gasteiger partial charge in [0.05, 0.1) is 6.61 Å². The lowest BCUT2D eigenvalue weighted by Gasteiger charge is -2.14. The van der Waals surface area contributed by atoms with E-state index in [4.69, 9.17) is 4.74 Å². The third kappa shape index (κ3) is 3.28. The largest absolute Gasteiger partial charge is 0.508 e. The molecular weight excluding hydrogens is 202 g/mol. The first-order chi connectivity index (χ1) is 7.84. The first-order valence-corrected chi connectivity index (χ1v) is 5.65. The highest BCUT2D eigenvalue weighted by molar-refractivity contribution is 5.31. The highest BCUT2D eigenvalue weighted by atomic mass is 16.5. The second-order valence-corrected chi connectivity index (χ2v) is 3.91. The van der Waals surface area contributed by atoms with Crippen molar-refractivity contribution < 1.29 is 9.84 Å². The summed E-state index contributed by atoms with van der Waals surface area (Å²) in [6, 6.07) is 6.92. The summed E-state index contributed by atoms with van der Waals surface area (Å²) in [6.07, 6.45) is 4.32. The lowest BCUT2D eigenvalue weighted by atomic mass is 10.1. The number of phenols is 1. The van der Waals surface area contributed by atoms with Gasteiger partial charge in [0.2, 0.25) is 0 Å². The normalized spacial score (nSPS) is 15.6. The van der Waals surface area contributed by atoms with E-state index in [1.807, 2.05) is 6.07 Å². The highest BCUT2D eigenvalue weighted by Crippen LogP contribution is 2.18. The Morgan fingerprint density at radius 2 is 2.31 bits per heavy atom. The molecule has 3 heteroatoms. The third-order valence-electron chi connectivity index (χ3n) is 2.67. The number of phenolic OH excluding ortho intramolecular Hbond substituents is 1. The van der Waals surface area contributed by atoms with Gasteiger partial charge in [-0.2, -0.15) is 0 Å². The Morgan fingerprint density at radius 1 is 1.38 bits per heavy atom. The van der Waals surface area contributed by atoms with Crippen molar-refractivity contribution in [3.8, 4) is 11.5 Å². The zero-order valence-corrected chi connectivity index (χ0v) is 9.28. The van der Waals surface area contributed by atoms with E-state index in [0.29, 0.717) is 6.61 Å². The molecule has 0 aliphatic carbocycles. The van der Waals surface area contributed by atoms with Crippen LogP contribution in [-0.4, -0.2) is 24.8 Å². The highest BCUT2D eigenvalue weighted by Gasteiger charge is 2.03. The molecule has 0 aromatic heterocycles. The molecule has 86 valence electrons. The minimum Gasteiger partial charge on any atom is -0.508 e. The molecule has 0 saturated heterocycles. The quantitative estimate of drug-likeness (QED) is 0.762. The Morgan fingerprint density at radius 3 is 3.06 bits per heavy atom. The predicted molar refractivity (Wildman–Crippen MR) is 63.8 cm³/mol. The van der Waals surface area contributed by atoms with Crippen molar-refractivity contribution in [2.45, 2.75) is 12.8 Å². The molecule has 1 aromatic carbocycles. The van der Waals surface area contributed by atoms with Gasteiger partial charge in [-0.05, 0) is 25.1 Å². The fraction of sp³-hybridized carbons (Fsp3) is 0.385. The van der Waals surface area contributed by atoms with Crippen LogP contribution < -0.4 is 10.1 Å². The van der Waals surface area contributed by atoms with E-state index in [0.717, 1.165) is 31.7 Å². The van der Waals surface area contributed by atoms with Crippen LogP contribution in [0.5, 0.6) is 11.5 Å². The molecule has 2 N–H and O–H groups in total. The maximum atomic E-state index is 9.26. The number of aromatic hydroxyl groups is 1. The van der Waals surface area contributed by atoms with Crippen LogP contribution >= 0.6 is 0 Å². The summed E-state index contributed by atoms with van der Waals surface area (Å²) in [6.45, 7) is 2.72. The van der Waals surface area contributed by atoms with Gasteiger partial charge < -0.3 is 15.2 Å². The molecule has 1 aliphatic rings. The van der Waals surface area contributed by atoms with Crippen LogP contribution in [0.1, 0.15) is 12.8 Å². The molecule has 2 rings (SSSR count). The number of hydrogen-bond acceptors (Lipinski definition) is 3. The van der Waals surface area contributed by atoms with Crippen LogP contribution in [0.3, 0.4) is 0 Å². The molecule has 0 amide bonds. The molecule has 0 unspecified atom stereocenters. The zero-order valence-electron chi connectivity index (χ0n) is 9.28. The summed E-state index contributed by atoms with van der Waals surface area (Å²) < 4.78 is 5.57. The van der Waals surface area contributed by atoms with E-state index >= 15 is 0 Å². The molecule has 3 nitrogen and oxygen atoms in total. The van der Waals surface area contributed by atoms with Gasteiger partial charge in [-0.1, -0.05) is 17.7 Å². The van der Waals surface area contributed by atoms with Crippen LogP contribution in [0, 0.1) is 0 Å². The summed E-state index contributed by atoms with van der Waals surface area (Å²) in [5.41, 5.74) is 1.46. The topological polar surface area (TPSA) is 41.5 Å². The Kier molecular flexibility index (Phi) is 3.83. The van der Waals surface area contributed by atoms with E-state index in [9.17, 15) is 5.11 Å². The average Bonchev–Trinajstić information content (AvgIpc) is 2.30. The molecule has 16 heavy (non-hydrogen) atoms. The minimum absolute atomic E-state index is 0.249. The van der Waals surface area contributed by atoms with Crippen molar-refractivity contribution in [2.24, 2.45) is 0 Å². The van der Waals surface area contributed by atoms with Crippen molar-refractivity contribution in [1.82, 2.24) is 5.32 Å². The van der Waals surface area contributed by atoms with Crippen LogP contribution in [0.25, 0.3) is 0 Å². The monoisotopic (exact) mass is 219 g/mol. The molecule has 1 heterocycles. The summed E-state index contributed by atoms with van der Waals surface area (Å²) in [5, 5.41) is 12.5. The lowest BCUT2D eigenvalue weighted by molar-refractivity contribution is 0.317. The summed E-state index contributed by atoms with van der Waals surface area (Å²) in [7, 11) is 0.